The summed E-state index contributed by atoms with van der Waals surface area (Å²) >= 11 is 0. The quantitative estimate of drug-likeness (QED) is 0.493. The first-order valence-electron chi connectivity index (χ1n) is 10.7. The van der Waals surface area contributed by atoms with Crippen LogP contribution in [0.5, 0.6) is 40.2 Å². The number of rotatable bonds is 8. The van der Waals surface area contributed by atoms with E-state index < -0.39 is 5.60 Å². The van der Waals surface area contributed by atoms with Gasteiger partial charge < -0.3 is 38.7 Å². The molecule has 3 aromatic carbocycles. The van der Waals surface area contributed by atoms with Crippen LogP contribution >= 0.6 is 0 Å². The molecule has 0 aliphatic carbocycles. The molecule has 0 amide bonds. The summed E-state index contributed by atoms with van der Waals surface area (Å²) in [5.41, 5.74) is 1.39. The van der Waals surface area contributed by atoms with Crippen molar-refractivity contribution in [2.75, 3.05) is 35.5 Å². The first kappa shape index (κ1) is 23.9. The van der Waals surface area contributed by atoms with Gasteiger partial charge in [0.25, 0.3) is 0 Å². The topological polar surface area (TPSA) is 108 Å². The van der Waals surface area contributed by atoms with E-state index in [0.29, 0.717) is 51.1 Å². The van der Waals surface area contributed by atoms with E-state index in [2.05, 4.69) is 5.16 Å². The van der Waals surface area contributed by atoms with E-state index in [1.54, 1.807) is 48.5 Å². The van der Waals surface area contributed by atoms with E-state index in [0.717, 1.165) is 0 Å². The molecule has 3 aromatic rings. The van der Waals surface area contributed by atoms with E-state index in [-0.39, 0.29) is 17.9 Å². The Balaban J connectivity index is 1.87. The van der Waals surface area contributed by atoms with Crippen LogP contribution < -0.4 is 23.7 Å². The molecule has 0 radical (unpaired) electrons. The van der Waals surface area contributed by atoms with Crippen molar-refractivity contribution in [2.24, 2.45) is 5.16 Å². The van der Waals surface area contributed by atoms with Gasteiger partial charge in [-0.1, -0.05) is 11.2 Å². The summed E-state index contributed by atoms with van der Waals surface area (Å²) in [6, 6.07) is 13.6. The van der Waals surface area contributed by atoms with Gasteiger partial charge in [-0.25, -0.2) is 0 Å². The molecule has 0 saturated carbocycles. The first-order valence-corrected chi connectivity index (χ1v) is 10.7. The Hall–Kier alpha value is -4.27. The molecule has 1 aliphatic heterocycles. The Morgan fingerprint density at radius 3 is 1.77 bits per heavy atom. The third-order valence-corrected chi connectivity index (χ3v) is 6.02. The number of nitrogens with zero attached hydrogens (tertiary/aromatic N) is 1. The van der Waals surface area contributed by atoms with Crippen molar-refractivity contribution < 1.29 is 38.7 Å². The van der Waals surface area contributed by atoms with Crippen LogP contribution in [-0.4, -0.2) is 51.5 Å². The van der Waals surface area contributed by atoms with E-state index >= 15 is 0 Å². The zero-order valence-electron chi connectivity index (χ0n) is 20.1. The third-order valence-electron chi connectivity index (χ3n) is 6.02. The molecule has 0 fully saturated rings. The third kappa shape index (κ3) is 4.09. The van der Waals surface area contributed by atoms with Gasteiger partial charge in [-0.2, -0.15) is 0 Å². The van der Waals surface area contributed by atoms with Gasteiger partial charge in [0, 0.05) is 23.1 Å². The zero-order chi connectivity index (χ0) is 25.2. The first-order chi connectivity index (χ1) is 16.9. The lowest BCUT2D eigenvalue weighted by molar-refractivity contribution is 0.0107. The summed E-state index contributed by atoms with van der Waals surface area (Å²) in [7, 11) is 7.56. The van der Waals surface area contributed by atoms with Crippen LogP contribution in [0.15, 0.2) is 53.7 Å². The van der Waals surface area contributed by atoms with Crippen LogP contribution in [-0.2, 0) is 10.4 Å². The lowest BCUT2D eigenvalue weighted by Gasteiger charge is -2.29. The second kappa shape index (κ2) is 9.54. The summed E-state index contributed by atoms with van der Waals surface area (Å²) < 4.78 is 27.0. The van der Waals surface area contributed by atoms with Crippen LogP contribution in [0, 0.1) is 0 Å². The lowest BCUT2D eigenvalue weighted by Crippen LogP contribution is -2.28. The number of methoxy groups -OCH3 is 5. The molecule has 4 rings (SSSR count). The molecule has 1 unspecified atom stereocenters. The van der Waals surface area contributed by atoms with Gasteiger partial charge in [-0.05, 0) is 42.5 Å². The number of ether oxygens (including phenoxy) is 5. The smallest absolute Gasteiger partial charge is 0.203 e. The summed E-state index contributed by atoms with van der Waals surface area (Å²) in [6.45, 7) is 0. The predicted octanol–water partition coefficient (Wildman–Crippen LogP) is 4.21. The van der Waals surface area contributed by atoms with E-state index in [1.807, 2.05) is 0 Å². The Morgan fingerprint density at radius 2 is 1.26 bits per heavy atom. The van der Waals surface area contributed by atoms with Gasteiger partial charge in [-0.15, -0.1) is 0 Å². The summed E-state index contributed by atoms with van der Waals surface area (Å²) in [5.74, 6) is 1.94. The van der Waals surface area contributed by atoms with E-state index in [9.17, 15) is 10.2 Å². The fraction of sp³-hybridized carbons (Fsp3) is 0.269. The zero-order valence-corrected chi connectivity index (χ0v) is 20.1. The molecule has 9 nitrogen and oxygen atoms in total. The number of hydrogen-bond donors (Lipinski definition) is 2. The second-order valence-electron chi connectivity index (χ2n) is 7.82. The molecular formula is C26H27NO8. The maximum Gasteiger partial charge on any atom is 0.203 e. The number of benzene rings is 3. The largest absolute Gasteiger partial charge is 0.504 e. The van der Waals surface area contributed by atoms with Crippen LogP contribution in [0.2, 0.25) is 0 Å². The minimum atomic E-state index is -1.15. The van der Waals surface area contributed by atoms with Crippen molar-refractivity contribution in [3.8, 4) is 40.2 Å². The lowest BCUT2D eigenvalue weighted by atomic mass is 9.81. The van der Waals surface area contributed by atoms with Crippen molar-refractivity contribution in [3.63, 3.8) is 0 Å². The van der Waals surface area contributed by atoms with E-state index in [1.165, 1.54) is 35.5 Å². The predicted molar refractivity (Wildman–Crippen MR) is 128 cm³/mol. The molecule has 0 saturated heterocycles. The normalized spacial score (nSPS) is 16.8. The van der Waals surface area contributed by atoms with Crippen LogP contribution in [0.25, 0.3) is 0 Å². The van der Waals surface area contributed by atoms with Crippen molar-refractivity contribution in [1.29, 1.82) is 0 Å². The Morgan fingerprint density at radius 1 is 0.686 bits per heavy atom. The molecule has 9 heteroatoms. The maximum absolute atomic E-state index is 10.5. The highest BCUT2D eigenvalue weighted by Gasteiger charge is 2.45. The van der Waals surface area contributed by atoms with Crippen molar-refractivity contribution >= 4 is 5.71 Å². The number of hydrogen-bond acceptors (Lipinski definition) is 9. The van der Waals surface area contributed by atoms with Crippen LogP contribution in [0.3, 0.4) is 0 Å². The fourth-order valence-electron chi connectivity index (χ4n) is 4.19. The molecule has 1 atom stereocenters. The van der Waals surface area contributed by atoms with Crippen molar-refractivity contribution in [3.05, 3.63) is 65.2 Å². The highest BCUT2D eigenvalue weighted by Crippen LogP contribution is 2.49. The van der Waals surface area contributed by atoms with Crippen LogP contribution in [0.1, 0.15) is 23.1 Å². The van der Waals surface area contributed by atoms with Crippen molar-refractivity contribution in [1.82, 2.24) is 0 Å². The van der Waals surface area contributed by atoms with Crippen molar-refractivity contribution in [2.45, 2.75) is 12.0 Å². The Kier molecular flexibility index (Phi) is 6.50. The average Bonchev–Trinajstić information content (AvgIpc) is 3.34. The Labute approximate surface area is 203 Å². The second-order valence-corrected chi connectivity index (χ2v) is 7.82. The molecule has 0 aromatic heterocycles. The van der Waals surface area contributed by atoms with Gasteiger partial charge in [0.05, 0.1) is 41.3 Å². The molecule has 35 heavy (non-hydrogen) atoms. The number of phenolic OH excluding ortho intramolecular Hbond substituents is 2. The molecule has 1 aliphatic rings. The Bertz CT molecular complexity index is 1250. The summed E-state index contributed by atoms with van der Waals surface area (Å²) in [4.78, 5) is 6.15. The van der Waals surface area contributed by atoms with Gasteiger partial charge in [0.1, 0.15) is 0 Å². The summed E-state index contributed by atoms with van der Waals surface area (Å²) in [5, 5.41) is 25.2. The maximum atomic E-state index is 10.5. The van der Waals surface area contributed by atoms with Gasteiger partial charge >= 0.3 is 0 Å². The highest BCUT2D eigenvalue weighted by molar-refractivity contribution is 6.02. The molecule has 2 N–H and O–H groups in total. The standard InChI is InChI=1S/C26H27NO8/c1-30-21-8-6-15(10-19(21)28)18-14-26(35-27-18,16-7-9-22(31-2)20(29)11-16)17-12-23(32-3)25(34-5)24(13-17)33-4/h6-13,28-29H,14H2,1-5H3. The minimum absolute atomic E-state index is 0.0138. The number of aromatic hydroxyl groups is 2. The average molecular weight is 482 g/mol. The molecular weight excluding hydrogens is 454 g/mol. The van der Waals surface area contributed by atoms with Gasteiger partial charge in [0.2, 0.25) is 5.75 Å². The summed E-state index contributed by atoms with van der Waals surface area (Å²) in [6.07, 6.45) is 0.281. The fourth-order valence-corrected chi connectivity index (χ4v) is 4.19. The SMILES string of the molecule is COc1ccc(C2=NOC(c3ccc(OC)c(O)c3)(c3cc(OC)c(OC)c(OC)c3)C2)cc1O. The number of phenols is 2. The molecule has 184 valence electrons. The number of oxime groups is 1. The molecule has 1 heterocycles. The molecule has 0 bridgehead atoms. The monoisotopic (exact) mass is 481 g/mol. The van der Waals surface area contributed by atoms with E-state index in [4.69, 9.17) is 28.5 Å². The van der Waals surface area contributed by atoms with Gasteiger partial charge in [0.15, 0.2) is 40.1 Å². The van der Waals surface area contributed by atoms with Crippen LogP contribution in [0.4, 0.5) is 0 Å². The minimum Gasteiger partial charge on any atom is -0.504 e. The molecule has 0 spiro atoms. The van der Waals surface area contributed by atoms with Gasteiger partial charge in [-0.3, -0.25) is 0 Å². The highest BCUT2D eigenvalue weighted by atomic mass is 16.7.